The summed E-state index contributed by atoms with van der Waals surface area (Å²) in [6.45, 7) is 4.43. The van der Waals surface area contributed by atoms with Crippen LogP contribution < -0.4 is 15.6 Å². The molecule has 0 aliphatic carbocycles. The Morgan fingerprint density at radius 1 is 1.09 bits per heavy atom. The number of carbonyl (C=O) groups excluding carboxylic acids is 2. The van der Waals surface area contributed by atoms with Gasteiger partial charge in [-0.1, -0.05) is 12.1 Å². The fourth-order valence-corrected chi connectivity index (χ4v) is 3.93. The minimum Gasteiger partial charge on any atom is -0.495 e. The summed E-state index contributed by atoms with van der Waals surface area (Å²) in [4.78, 5) is 47.1. The lowest BCUT2D eigenvalue weighted by atomic mass is 10.1. The van der Waals surface area contributed by atoms with E-state index in [1.165, 1.54) is 11.7 Å². The van der Waals surface area contributed by atoms with Crippen molar-refractivity contribution in [3.63, 3.8) is 0 Å². The monoisotopic (exact) mass is 449 g/mol. The molecule has 2 amide bonds. The van der Waals surface area contributed by atoms with Crippen LogP contribution in [0.25, 0.3) is 10.9 Å². The number of methoxy groups -OCH3 is 1. The molecule has 9 nitrogen and oxygen atoms in total. The molecule has 0 unspecified atom stereocenters. The van der Waals surface area contributed by atoms with Gasteiger partial charge in [-0.05, 0) is 44.3 Å². The van der Waals surface area contributed by atoms with E-state index < -0.39 is 5.91 Å². The van der Waals surface area contributed by atoms with Gasteiger partial charge in [-0.15, -0.1) is 0 Å². The highest BCUT2D eigenvalue weighted by atomic mass is 16.5. The van der Waals surface area contributed by atoms with E-state index in [4.69, 9.17) is 4.74 Å². The van der Waals surface area contributed by atoms with Crippen molar-refractivity contribution in [1.29, 1.82) is 0 Å². The fraction of sp³-hybridized carbons (Fsp3) is 0.333. The van der Waals surface area contributed by atoms with Gasteiger partial charge in [0.2, 0.25) is 5.91 Å². The van der Waals surface area contributed by atoms with E-state index in [1.54, 1.807) is 48.2 Å². The second-order valence-electron chi connectivity index (χ2n) is 8.13. The average molecular weight is 450 g/mol. The van der Waals surface area contributed by atoms with E-state index in [0.29, 0.717) is 46.8 Å². The van der Waals surface area contributed by atoms with Gasteiger partial charge in [0.1, 0.15) is 18.1 Å². The van der Waals surface area contributed by atoms with Gasteiger partial charge >= 0.3 is 0 Å². The number of benzene rings is 2. The maximum Gasteiger partial charge on any atom is 0.261 e. The summed E-state index contributed by atoms with van der Waals surface area (Å²) >= 11 is 0. The van der Waals surface area contributed by atoms with Crippen molar-refractivity contribution in [3.8, 4) is 5.75 Å². The molecule has 0 bridgehead atoms. The first kappa shape index (κ1) is 22.5. The molecule has 1 aromatic heterocycles. The third kappa shape index (κ3) is 4.73. The average Bonchev–Trinajstić information content (AvgIpc) is 2.82. The van der Waals surface area contributed by atoms with Crippen LogP contribution in [0.4, 0.5) is 5.69 Å². The summed E-state index contributed by atoms with van der Waals surface area (Å²) in [5.41, 5.74) is 1.16. The molecule has 2 aromatic carbocycles. The quantitative estimate of drug-likeness (QED) is 0.637. The number of aromatic nitrogens is 2. The second-order valence-corrected chi connectivity index (χ2v) is 8.13. The Morgan fingerprint density at radius 2 is 1.82 bits per heavy atom. The zero-order chi connectivity index (χ0) is 23.5. The van der Waals surface area contributed by atoms with Gasteiger partial charge in [0.05, 0.1) is 23.7 Å². The molecule has 0 saturated carbocycles. The van der Waals surface area contributed by atoms with Crippen LogP contribution in [-0.4, -0.2) is 71.5 Å². The SMILES string of the molecule is COc1ccc(C(=O)N2CCN(C)CC2)cc1NC(=O)Cn1c(C)nc2ccccc2c1=O. The summed E-state index contributed by atoms with van der Waals surface area (Å²) in [5.74, 6) is 0.366. The third-order valence-corrected chi connectivity index (χ3v) is 5.87. The standard InChI is InChI=1S/C24H27N5O4/c1-16-25-19-7-5-4-6-18(19)24(32)29(16)15-22(30)26-20-14-17(8-9-21(20)33-3)23(31)28-12-10-27(2)11-13-28/h4-9,14H,10-13,15H2,1-3H3,(H,26,30). The Balaban J connectivity index is 1.55. The van der Waals surface area contributed by atoms with Crippen molar-refractivity contribution in [1.82, 2.24) is 19.4 Å². The van der Waals surface area contributed by atoms with Crippen LogP contribution in [0.3, 0.4) is 0 Å². The van der Waals surface area contributed by atoms with Crippen LogP contribution in [0.5, 0.6) is 5.75 Å². The Morgan fingerprint density at radius 3 is 2.55 bits per heavy atom. The lowest BCUT2D eigenvalue weighted by molar-refractivity contribution is -0.116. The van der Waals surface area contributed by atoms with Crippen molar-refractivity contribution in [3.05, 3.63) is 64.2 Å². The molecule has 172 valence electrons. The van der Waals surface area contributed by atoms with Gasteiger partial charge in [-0.3, -0.25) is 19.0 Å². The van der Waals surface area contributed by atoms with E-state index in [2.05, 4.69) is 15.2 Å². The molecule has 1 aliphatic heterocycles. The third-order valence-electron chi connectivity index (χ3n) is 5.87. The molecule has 0 radical (unpaired) electrons. The zero-order valence-corrected chi connectivity index (χ0v) is 19.0. The highest BCUT2D eigenvalue weighted by molar-refractivity contribution is 5.98. The Bertz CT molecular complexity index is 1260. The van der Waals surface area contributed by atoms with Gasteiger partial charge < -0.3 is 19.9 Å². The maximum atomic E-state index is 12.9. The summed E-state index contributed by atoms with van der Waals surface area (Å²) in [5, 5.41) is 3.24. The molecule has 1 aliphatic rings. The first-order valence-electron chi connectivity index (χ1n) is 10.8. The molecule has 9 heteroatoms. The van der Waals surface area contributed by atoms with Gasteiger partial charge in [-0.2, -0.15) is 0 Å². The van der Waals surface area contributed by atoms with Crippen LogP contribution >= 0.6 is 0 Å². The van der Waals surface area contributed by atoms with Crippen LogP contribution in [0.2, 0.25) is 0 Å². The maximum absolute atomic E-state index is 12.9. The molecule has 1 N–H and O–H groups in total. The Hall–Kier alpha value is -3.72. The van der Waals surface area contributed by atoms with Crippen molar-refractivity contribution in [2.75, 3.05) is 45.7 Å². The molecule has 33 heavy (non-hydrogen) atoms. The number of nitrogens with zero attached hydrogens (tertiary/aromatic N) is 4. The molecule has 4 rings (SSSR count). The van der Waals surface area contributed by atoms with Crippen LogP contribution in [0, 0.1) is 6.92 Å². The number of amides is 2. The van der Waals surface area contributed by atoms with Gasteiger partial charge in [-0.25, -0.2) is 4.98 Å². The summed E-state index contributed by atoms with van der Waals surface area (Å²) in [7, 11) is 3.52. The number of carbonyl (C=O) groups is 2. The van der Waals surface area contributed by atoms with Crippen molar-refractivity contribution >= 4 is 28.4 Å². The number of fused-ring (bicyclic) bond motifs is 1. The molecular weight excluding hydrogens is 422 g/mol. The normalized spacial score (nSPS) is 14.3. The Kier molecular flexibility index (Phi) is 6.41. The number of rotatable bonds is 5. The number of aryl methyl sites for hydroxylation is 1. The number of anilines is 1. The highest BCUT2D eigenvalue weighted by Crippen LogP contribution is 2.26. The van der Waals surface area contributed by atoms with E-state index in [0.717, 1.165) is 13.1 Å². The van der Waals surface area contributed by atoms with Crippen molar-refractivity contribution < 1.29 is 14.3 Å². The van der Waals surface area contributed by atoms with Gasteiger partial charge in [0.25, 0.3) is 11.5 Å². The summed E-state index contributed by atoms with van der Waals surface area (Å²) < 4.78 is 6.71. The number of ether oxygens (including phenoxy) is 1. The fourth-order valence-electron chi connectivity index (χ4n) is 3.93. The largest absolute Gasteiger partial charge is 0.495 e. The predicted molar refractivity (Wildman–Crippen MR) is 126 cm³/mol. The topological polar surface area (TPSA) is 96.8 Å². The number of likely N-dealkylation sites (N-methyl/N-ethyl adjacent to an activating group) is 1. The van der Waals surface area contributed by atoms with E-state index in [9.17, 15) is 14.4 Å². The number of hydrogen-bond acceptors (Lipinski definition) is 6. The molecule has 3 aromatic rings. The summed E-state index contributed by atoms with van der Waals surface area (Å²) in [6, 6.07) is 12.0. The molecule has 1 fully saturated rings. The molecule has 1 saturated heterocycles. The smallest absolute Gasteiger partial charge is 0.261 e. The van der Waals surface area contributed by atoms with Crippen LogP contribution in [0.15, 0.2) is 47.3 Å². The van der Waals surface area contributed by atoms with Crippen LogP contribution in [0.1, 0.15) is 16.2 Å². The van der Waals surface area contributed by atoms with Gasteiger partial charge in [0, 0.05) is 31.7 Å². The zero-order valence-electron chi connectivity index (χ0n) is 19.0. The molecular formula is C24H27N5O4. The van der Waals surface area contributed by atoms with E-state index >= 15 is 0 Å². The Labute approximate surface area is 191 Å². The van der Waals surface area contributed by atoms with Crippen molar-refractivity contribution in [2.45, 2.75) is 13.5 Å². The molecule has 0 spiro atoms. The van der Waals surface area contributed by atoms with Crippen LogP contribution in [-0.2, 0) is 11.3 Å². The molecule has 2 heterocycles. The second kappa shape index (κ2) is 9.41. The number of nitrogens with one attached hydrogen (secondary N) is 1. The lowest BCUT2D eigenvalue weighted by Crippen LogP contribution is -2.47. The predicted octanol–water partition coefficient (Wildman–Crippen LogP) is 1.74. The van der Waals surface area contributed by atoms with Gasteiger partial charge in [0.15, 0.2) is 0 Å². The first-order chi connectivity index (χ1) is 15.9. The first-order valence-corrected chi connectivity index (χ1v) is 10.8. The summed E-state index contributed by atoms with van der Waals surface area (Å²) in [6.07, 6.45) is 0. The number of hydrogen-bond donors (Lipinski definition) is 1. The number of para-hydroxylation sites is 1. The minimum atomic E-state index is -0.417. The van der Waals surface area contributed by atoms with E-state index in [1.807, 2.05) is 13.1 Å². The molecule has 0 atom stereocenters. The number of piperazine rings is 1. The van der Waals surface area contributed by atoms with E-state index in [-0.39, 0.29) is 18.0 Å². The van der Waals surface area contributed by atoms with Crippen molar-refractivity contribution in [2.24, 2.45) is 0 Å². The highest BCUT2D eigenvalue weighted by Gasteiger charge is 2.22. The minimum absolute atomic E-state index is 0.0907. The lowest BCUT2D eigenvalue weighted by Gasteiger charge is -2.32.